The van der Waals surface area contributed by atoms with Crippen LogP contribution < -0.4 is 29.6 Å². The number of ether oxygens (including phenoxy) is 4. The Morgan fingerprint density at radius 3 is 2.13 bits per heavy atom. The lowest BCUT2D eigenvalue weighted by atomic mass is 10.1. The predicted octanol–water partition coefficient (Wildman–Crippen LogP) is 3.11. The lowest BCUT2D eigenvalue weighted by Gasteiger charge is -2.17. The van der Waals surface area contributed by atoms with Crippen LogP contribution >= 0.6 is 0 Å². The first-order valence-corrected chi connectivity index (χ1v) is 9.93. The van der Waals surface area contributed by atoms with E-state index < -0.39 is 5.91 Å². The predicted molar refractivity (Wildman–Crippen MR) is 117 cm³/mol. The maximum absolute atomic E-state index is 12.5. The first-order valence-electron chi connectivity index (χ1n) is 9.93. The number of methoxy groups -OCH3 is 3. The fraction of sp³-hybridized carbons (Fsp3) is 0.391. The van der Waals surface area contributed by atoms with Crippen molar-refractivity contribution in [1.29, 1.82) is 0 Å². The second-order valence-corrected chi connectivity index (χ2v) is 7.12. The van der Waals surface area contributed by atoms with Gasteiger partial charge in [0.2, 0.25) is 11.7 Å². The number of nitrogens with one attached hydrogen (secondary N) is 2. The van der Waals surface area contributed by atoms with Crippen molar-refractivity contribution in [3.05, 3.63) is 47.5 Å². The molecule has 2 aromatic carbocycles. The van der Waals surface area contributed by atoms with Crippen LogP contribution in [0.5, 0.6) is 23.0 Å². The van der Waals surface area contributed by atoms with Crippen LogP contribution in [0.4, 0.5) is 0 Å². The highest BCUT2D eigenvalue weighted by Crippen LogP contribution is 2.38. The van der Waals surface area contributed by atoms with Crippen LogP contribution in [0.15, 0.2) is 36.4 Å². The SMILES string of the molecule is COc1cc(C(=O)NCC(=O)NC(C)c2cccc(OC(C)C)c2)cc(OC)c1OC. The fourth-order valence-electron chi connectivity index (χ4n) is 2.98. The molecular formula is C23H30N2O6. The van der Waals surface area contributed by atoms with Crippen molar-refractivity contribution in [1.82, 2.24) is 10.6 Å². The molecule has 2 rings (SSSR count). The third kappa shape index (κ3) is 6.53. The third-order valence-electron chi connectivity index (χ3n) is 4.44. The largest absolute Gasteiger partial charge is 0.493 e. The van der Waals surface area contributed by atoms with Crippen LogP contribution in [0.1, 0.15) is 42.7 Å². The van der Waals surface area contributed by atoms with Crippen molar-refractivity contribution in [2.45, 2.75) is 32.9 Å². The highest BCUT2D eigenvalue weighted by Gasteiger charge is 2.18. The molecule has 0 spiro atoms. The molecule has 168 valence electrons. The number of carbonyl (C=O) groups is 2. The molecule has 0 aromatic heterocycles. The van der Waals surface area contributed by atoms with E-state index in [-0.39, 0.29) is 30.2 Å². The van der Waals surface area contributed by atoms with Crippen LogP contribution in [-0.4, -0.2) is 45.8 Å². The van der Waals surface area contributed by atoms with E-state index >= 15 is 0 Å². The minimum atomic E-state index is -0.436. The van der Waals surface area contributed by atoms with Crippen molar-refractivity contribution in [3.63, 3.8) is 0 Å². The van der Waals surface area contributed by atoms with Gasteiger partial charge >= 0.3 is 0 Å². The minimum Gasteiger partial charge on any atom is -0.493 e. The third-order valence-corrected chi connectivity index (χ3v) is 4.44. The number of hydrogen-bond donors (Lipinski definition) is 2. The molecule has 0 bridgehead atoms. The Bertz CT molecular complexity index is 888. The summed E-state index contributed by atoms with van der Waals surface area (Å²) in [5.74, 6) is 1.08. The second-order valence-electron chi connectivity index (χ2n) is 7.12. The summed E-state index contributed by atoms with van der Waals surface area (Å²) in [5, 5.41) is 5.47. The summed E-state index contributed by atoms with van der Waals surface area (Å²) in [6, 6.07) is 10.3. The molecule has 1 atom stereocenters. The summed E-state index contributed by atoms with van der Waals surface area (Å²) in [4.78, 5) is 24.9. The van der Waals surface area contributed by atoms with Gasteiger partial charge in [-0.1, -0.05) is 12.1 Å². The molecule has 0 fully saturated rings. The zero-order valence-corrected chi connectivity index (χ0v) is 18.8. The Morgan fingerprint density at radius 1 is 0.935 bits per heavy atom. The van der Waals surface area contributed by atoms with Crippen LogP contribution in [0.2, 0.25) is 0 Å². The molecule has 8 nitrogen and oxygen atoms in total. The Hall–Kier alpha value is -3.42. The average molecular weight is 431 g/mol. The summed E-state index contributed by atoms with van der Waals surface area (Å²) < 4.78 is 21.5. The highest BCUT2D eigenvalue weighted by molar-refractivity contribution is 5.97. The summed E-state index contributed by atoms with van der Waals surface area (Å²) in [6.45, 7) is 5.60. The number of benzene rings is 2. The van der Waals surface area contributed by atoms with E-state index in [9.17, 15) is 9.59 Å². The van der Waals surface area contributed by atoms with Gasteiger partial charge in [0.05, 0.1) is 40.0 Å². The molecule has 2 N–H and O–H groups in total. The number of amides is 2. The molecule has 31 heavy (non-hydrogen) atoms. The van der Waals surface area contributed by atoms with Gasteiger partial charge in [0.15, 0.2) is 11.5 Å². The van der Waals surface area contributed by atoms with Crippen molar-refractivity contribution < 1.29 is 28.5 Å². The Balaban J connectivity index is 1.99. The number of rotatable bonds is 10. The Kier molecular flexibility index (Phi) is 8.54. The van der Waals surface area contributed by atoms with Gasteiger partial charge < -0.3 is 29.6 Å². The molecule has 0 aliphatic heterocycles. The molecule has 0 aliphatic carbocycles. The Labute approximate surface area is 182 Å². The lowest BCUT2D eigenvalue weighted by molar-refractivity contribution is -0.120. The standard InChI is InChI=1S/C23H30N2O6/c1-14(2)31-18-9-7-8-16(10-18)15(3)25-21(26)13-24-23(27)17-11-19(28-4)22(30-6)20(12-17)29-5/h7-12,14-15H,13H2,1-6H3,(H,24,27)(H,25,26). The molecular weight excluding hydrogens is 400 g/mol. The smallest absolute Gasteiger partial charge is 0.251 e. The molecule has 8 heteroatoms. The molecule has 1 unspecified atom stereocenters. The van der Waals surface area contributed by atoms with Gasteiger partial charge in [-0.25, -0.2) is 0 Å². The molecule has 0 saturated heterocycles. The first kappa shape index (κ1) is 23.9. The van der Waals surface area contributed by atoms with Gasteiger partial charge in [0, 0.05) is 5.56 Å². The molecule has 2 aromatic rings. The van der Waals surface area contributed by atoms with Gasteiger partial charge in [-0.05, 0) is 50.6 Å². The maximum atomic E-state index is 12.5. The molecule has 0 heterocycles. The lowest BCUT2D eigenvalue weighted by Crippen LogP contribution is -2.38. The van der Waals surface area contributed by atoms with E-state index in [1.54, 1.807) is 0 Å². The topological polar surface area (TPSA) is 95.1 Å². The summed E-state index contributed by atoms with van der Waals surface area (Å²) in [7, 11) is 4.42. The van der Waals surface area contributed by atoms with E-state index in [1.165, 1.54) is 33.5 Å². The van der Waals surface area contributed by atoms with Gasteiger partial charge in [-0.2, -0.15) is 0 Å². The highest BCUT2D eigenvalue weighted by atomic mass is 16.5. The molecule has 0 aliphatic rings. The zero-order chi connectivity index (χ0) is 23.0. The van der Waals surface area contributed by atoms with Gasteiger partial charge in [-0.15, -0.1) is 0 Å². The van der Waals surface area contributed by atoms with Crippen molar-refractivity contribution in [2.24, 2.45) is 0 Å². The fourth-order valence-corrected chi connectivity index (χ4v) is 2.98. The van der Waals surface area contributed by atoms with Crippen LogP contribution in [0, 0.1) is 0 Å². The van der Waals surface area contributed by atoms with Crippen LogP contribution in [0.3, 0.4) is 0 Å². The quantitative estimate of drug-likeness (QED) is 0.601. The number of carbonyl (C=O) groups excluding carboxylic acids is 2. The van der Waals surface area contributed by atoms with E-state index in [4.69, 9.17) is 18.9 Å². The van der Waals surface area contributed by atoms with Crippen LogP contribution in [-0.2, 0) is 4.79 Å². The van der Waals surface area contributed by atoms with E-state index in [0.717, 1.165) is 11.3 Å². The monoisotopic (exact) mass is 430 g/mol. The zero-order valence-electron chi connectivity index (χ0n) is 18.8. The van der Waals surface area contributed by atoms with E-state index in [1.807, 2.05) is 45.0 Å². The Morgan fingerprint density at radius 2 is 1.58 bits per heavy atom. The average Bonchev–Trinajstić information content (AvgIpc) is 2.75. The normalized spacial score (nSPS) is 11.5. The number of hydrogen-bond acceptors (Lipinski definition) is 6. The van der Waals surface area contributed by atoms with Gasteiger partial charge in [0.1, 0.15) is 5.75 Å². The first-order chi connectivity index (χ1) is 14.8. The second kappa shape index (κ2) is 11.1. The van der Waals surface area contributed by atoms with Crippen molar-refractivity contribution >= 4 is 11.8 Å². The summed E-state index contributed by atoms with van der Waals surface area (Å²) >= 11 is 0. The summed E-state index contributed by atoms with van der Waals surface area (Å²) in [5.41, 5.74) is 1.19. The molecule has 2 amide bonds. The van der Waals surface area contributed by atoms with E-state index in [2.05, 4.69) is 10.6 Å². The molecule has 0 radical (unpaired) electrons. The van der Waals surface area contributed by atoms with Crippen LogP contribution in [0.25, 0.3) is 0 Å². The molecule has 0 saturated carbocycles. The van der Waals surface area contributed by atoms with Gasteiger partial charge in [-0.3, -0.25) is 9.59 Å². The van der Waals surface area contributed by atoms with Crippen molar-refractivity contribution in [3.8, 4) is 23.0 Å². The van der Waals surface area contributed by atoms with E-state index in [0.29, 0.717) is 17.2 Å². The summed E-state index contributed by atoms with van der Waals surface area (Å²) in [6.07, 6.45) is 0.0607. The van der Waals surface area contributed by atoms with Crippen molar-refractivity contribution in [2.75, 3.05) is 27.9 Å². The minimum absolute atomic E-state index is 0.0607. The van der Waals surface area contributed by atoms with Gasteiger partial charge in [0.25, 0.3) is 5.91 Å². The maximum Gasteiger partial charge on any atom is 0.251 e.